The molecule has 1 aromatic rings. The van der Waals surface area contributed by atoms with Gasteiger partial charge in [0.1, 0.15) is 11.6 Å². The lowest BCUT2D eigenvalue weighted by Gasteiger charge is -2.26. The van der Waals surface area contributed by atoms with Crippen LogP contribution in [-0.2, 0) is 5.41 Å². The van der Waals surface area contributed by atoms with Crippen LogP contribution in [-0.4, -0.2) is 31.1 Å². The number of nitrogens with one attached hydrogen (secondary N) is 1. The summed E-state index contributed by atoms with van der Waals surface area (Å²) in [4.78, 5) is 2.37. The number of benzene rings is 1. The first-order valence-corrected chi connectivity index (χ1v) is 7.83. The van der Waals surface area contributed by atoms with Crippen molar-refractivity contribution in [2.45, 2.75) is 45.4 Å². The van der Waals surface area contributed by atoms with E-state index in [9.17, 15) is 8.78 Å². The average molecular weight is 296 g/mol. The predicted molar refractivity (Wildman–Crippen MR) is 83.8 cm³/mol. The van der Waals surface area contributed by atoms with Crippen molar-refractivity contribution in [3.8, 4) is 0 Å². The summed E-state index contributed by atoms with van der Waals surface area (Å²) in [5.41, 5.74) is 0.288. The molecule has 0 saturated carbocycles. The summed E-state index contributed by atoms with van der Waals surface area (Å²) in [6.07, 6.45) is 3.78. The Hall–Kier alpha value is -1.16. The SMILES string of the molecule is CC(C)(C)c1cc(F)c(NCCN2CCCCC2)cc1F. The summed E-state index contributed by atoms with van der Waals surface area (Å²) in [7, 11) is 0. The van der Waals surface area contributed by atoms with Crippen molar-refractivity contribution in [2.75, 3.05) is 31.5 Å². The van der Waals surface area contributed by atoms with Gasteiger partial charge in [0, 0.05) is 19.2 Å². The van der Waals surface area contributed by atoms with Crippen molar-refractivity contribution in [3.63, 3.8) is 0 Å². The molecular formula is C17H26F2N2. The molecule has 4 heteroatoms. The third-order valence-electron chi connectivity index (χ3n) is 4.06. The van der Waals surface area contributed by atoms with Gasteiger partial charge in [-0.3, -0.25) is 0 Å². The van der Waals surface area contributed by atoms with Crippen molar-refractivity contribution in [3.05, 3.63) is 29.3 Å². The van der Waals surface area contributed by atoms with Gasteiger partial charge in [0.2, 0.25) is 0 Å². The van der Waals surface area contributed by atoms with Gasteiger partial charge in [-0.1, -0.05) is 27.2 Å². The number of nitrogens with zero attached hydrogens (tertiary/aromatic N) is 1. The van der Waals surface area contributed by atoms with Gasteiger partial charge >= 0.3 is 0 Å². The second-order valence-electron chi connectivity index (χ2n) is 6.89. The summed E-state index contributed by atoms with van der Waals surface area (Å²) >= 11 is 0. The van der Waals surface area contributed by atoms with Crippen LogP contribution >= 0.6 is 0 Å². The molecule has 2 nitrogen and oxygen atoms in total. The second kappa shape index (κ2) is 6.73. The lowest BCUT2D eigenvalue weighted by atomic mass is 9.86. The van der Waals surface area contributed by atoms with E-state index in [-0.39, 0.29) is 17.3 Å². The molecule has 0 amide bonds. The smallest absolute Gasteiger partial charge is 0.146 e. The van der Waals surface area contributed by atoms with Gasteiger partial charge in [-0.2, -0.15) is 0 Å². The highest BCUT2D eigenvalue weighted by atomic mass is 19.1. The Bertz CT molecular complexity index is 474. The van der Waals surface area contributed by atoms with E-state index >= 15 is 0 Å². The number of anilines is 1. The molecule has 1 fully saturated rings. The fourth-order valence-electron chi connectivity index (χ4n) is 2.79. The van der Waals surface area contributed by atoms with Crippen LogP contribution in [0.5, 0.6) is 0 Å². The van der Waals surface area contributed by atoms with Crippen LogP contribution in [0.25, 0.3) is 0 Å². The summed E-state index contributed by atoms with van der Waals surface area (Å²) in [5.74, 6) is -0.718. The number of rotatable bonds is 4. The van der Waals surface area contributed by atoms with Gasteiger partial charge in [-0.25, -0.2) is 8.78 Å². The quantitative estimate of drug-likeness (QED) is 0.897. The van der Waals surface area contributed by atoms with Gasteiger partial charge < -0.3 is 10.2 Å². The highest BCUT2D eigenvalue weighted by Gasteiger charge is 2.21. The third-order valence-corrected chi connectivity index (χ3v) is 4.06. The van der Waals surface area contributed by atoms with Crippen LogP contribution < -0.4 is 5.32 Å². The molecule has 1 N–H and O–H groups in total. The second-order valence-corrected chi connectivity index (χ2v) is 6.89. The van der Waals surface area contributed by atoms with Gasteiger partial charge in [-0.15, -0.1) is 0 Å². The van der Waals surface area contributed by atoms with Crippen LogP contribution in [0.1, 0.15) is 45.6 Å². The molecular weight excluding hydrogens is 270 g/mol. The summed E-state index contributed by atoms with van der Waals surface area (Å²) in [6, 6.07) is 2.60. The number of hydrogen-bond acceptors (Lipinski definition) is 2. The predicted octanol–water partition coefficient (Wildman–Crippen LogP) is 4.16. The fraction of sp³-hybridized carbons (Fsp3) is 0.647. The number of hydrogen-bond donors (Lipinski definition) is 1. The highest BCUT2D eigenvalue weighted by Crippen LogP contribution is 2.29. The minimum atomic E-state index is -0.392. The lowest BCUT2D eigenvalue weighted by molar-refractivity contribution is 0.237. The summed E-state index contributed by atoms with van der Waals surface area (Å²) in [5, 5.41) is 3.02. The molecule has 0 spiro atoms. The molecule has 0 bridgehead atoms. The summed E-state index contributed by atoms with van der Waals surface area (Å²) in [6.45, 7) is 9.40. The normalized spacial score (nSPS) is 17.0. The molecule has 1 saturated heterocycles. The van der Waals surface area contributed by atoms with Gasteiger partial charge in [-0.05, 0) is 43.0 Å². The Kier molecular flexibility index (Phi) is 5.20. The van der Waals surface area contributed by atoms with E-state index in [1.54, 1.807) is 0 Å². The first kappa shape index (κ1) is 16.2. The third kappa shape index (κ3) is 4.40. The molecule has 0 radical (unpaired) electrons. The first-order chi connectivity index (χ1) is 9.88. The molecule has 1 aliphatic heterocycles. The van der Waals surface area contributed by atoms with Crippen LogP contribution in [0.15, 0.2) is 12.1 Å². The maximum absolute atomic E-state index is 14.1. The summed E-state index contributed by atoms with van der Waals surface area (Å²) < 4.78 is 28.2. The first-order valence-electron chi connectivity index (χ1n) is 7.83. The lowest BCUT2D eigenvalue weighted by Crippen LogP contribution is -2.33. The largest absolute Gasteiger partial charge is 0.381 e. The molecule has 0 aliphatic carbocycles. The Labute approximate surface area is 126 Å². The zero-order valence-corrected chi connectivity index (χ0v) is 13.3. The molecule has 0 unspecified atom stereocenters. The maximum Gasteiger partial charge on any atom is 0.146 e. The number of piperidine rings is 1. The fourth-order valence-corrected chi connectivity index (χ4v) is 2.79. The standard InChI is InChI=1S/C17H26F2N2/c1-17(2,3)13-11-15(19)16(12-14(13)18)20-7-10-21-8-5-4-6-9-21/h11-12,20H,4-10H2,1-3H3. The molecule has 1 aliphatic rings. The van der Waals surface area contributed by atoms with Crippen molar-refractivity contribution < 1.29 is 8.78 Å². The maximum atomic E-state index is 14.1. The Morgan fingerprint density at radius 3 is 2.33 bits per heavy atom. The van der Waals surface area contributed by atoms with E-state index in [4.69, 9.17) is 0 Å². The van der Waals surface area contributed by atoms with E-state index < -0.39 is 5.41 Å². The monoisotopic (exact) mass is 296 g/mol. The Morgan fingerprint density at radius 2 is 1.71 bits per heavy atom. The van der Waals surface area contributed by atoms with E-state index in [1.807, 2.05) is 20.8 Å². The molecule has 1 heterocycles. The highest BCUT2D eigenvalue weighted by molar-refractivity contribution is 5.48. The molecule has 0 atom stereocenters. The van der Waals surface area contributed by atoms with Crippen LogP contribution in [0.4, 0.5) is 14.5 Å². The van der Waals surface area contributed by atoms with Crippen molar-refractivity contribution in [1.82, 2.24) is 4.90 Å². The molecule has 2 rings (SSSR count). The van der Waals surface area contributed by atoms with Crippen LogP contribution in [0, 0.1) is 11.6 Å². The molecule has 21 heavy (non-hydrogen) atoms. The van der Waals surface area contributed by atoms with Gasteiger partial charge in [0.25, 0.3) is 0 Å². The van der Waals surface area contributed by atoms with E-state index in [2.05, 4.69) is 10.2 Å². The minimum Gasteiger partial charge on any atom is -0.381 e. The minimum absolute atomic E-state index is 0.262. The Morgan fingerprint density at radius 1 is 1.05 bits per heavy atom. The molecule has 1 aromatic carbocycles. The van der Waals surface area contributed by atoms with Crippen molar-refractivity contribution in [2.24, 2.45) is 0 Å². The van der Waals surface area contributed by atoms with Crippen LogP contribution in [0.3, 0.4) is 0 Å². The zero-order chi connectivity index (χ0) is 15.5. The number of halogens is 2. The zero-order valence-electron chi connectivity index (χ0n) is 13.3. The van der Waals surface area contributed by atoms with E-state index in [0.717, 1.165) is 19.6 Å². The van der Waals surface area contributed by atoms with Crippen molar-refractivity contribution >= 4 is 5.69 Å². The molecule has 0 aromatic heterocycles. The van der Waals surface area contributed by atoms with E-state index in [0.29, 0.717) is 12.1 Å². The number of likely N-dealkylation sites (tertiary alicyclic amines) is 1. The topological polar surface area (TPSA) is 15.3 Å². The average Bonchev–Trinajstić information content (AvgIpc) is 2.42. The Balaban J connectivity index is 1.95. The van der Waals surface area contributed by atoms with Crippen LogP contribution in [0.2, 0.25) is 0 Å². The molecule has 118 valence electrons. The van der Waals surface area contributed by atoms with E-state index in [1.165, 1.54) is 31.4 Å². The van der Waals surface area contributed by atoms with Gasteiger partial charge in [0.15, 0.2) is 0 Å². The van der Waals surface area contributed by atoms with Crippen molar-refractivity contribution in [1.29, 1.82) is 0 Å². The van der Waals surface area contributed by atoms with Gasteiger partial charge in [0.05, 0.1) is 5.69 Å².